The molecule has 6 atom stereocenters. The monoisotopic (exact) mass is 258 g/mol. The van der Waals surface area contributed by atoms with Crippen molar-refractivity contribution in [3.63, 3.8) is 0 Å². The summed E-state index contributed by atoms with van der Waals surface area (Å²) in [6.45, 7) is 3.96. The van der Waals surface area contributed by atoms with Crippen molar-refractivity contribution < 1.29 is 28.8 Å². The van der Waals surface area contributed by atoms with Crippen molar-refractivity contribution >= 4 is 5.97 Å². The number of carbonyl (C=O) groups is 1. The highest BCUT2D eigenvalue weighted by Gasteiger charge is 2.67. The van der Waals surface area contributed by atoms with Crippen LogP contribution in [0.15, 0.2) is 0 Å². The summed E-state index contributed by atoms with van der Waals surface area (Å²) in [5.41, 5.74) is 0. The molecule has 0 aromatic rings. The lowest BCUT2D eigenvalue weighted by Crippen LogP contribution is -2.57. The molecule has 2 aliphatic heterocycles. The largest absolute Gasteiger partial charge is 0.469 e. The Kier molecular flexibility index (Phi) is 2.68. The van der Waals surface area contributed by atoms with E-state index in [1.807, 2.05) is 0 Å². The molecule has 18 heavy (non-hydrogen) atoms. The molecule has 0 bridgehead atoms. The van der Waals surface area contributed by atoms with Crippen molar-refractivity contribution in [1.82, 2.24) is 0 Å². The van der Waals surface area contributed by atoms with Crippen LogP contribution in [-0.4, -0.2) is 55.0 Å². The Hall–Kier alpha value is -0.690. The normalized spacial score (nSPS) is 48.9. The lowest BCUT2D eigenvalue weighted by molar-refractivity contribution is -0.337. The van der Waals surface area contributed by atoms with Crippen LogP contribution >= 0.6 is 0 Å². The van der Waals surface area contributed by atoms with Crippen molar-refractivity contribution in [1.29, 1.82) is 0 Å². The van der Waals surface area contributed by atoms with Gasteiger partial charge in [-0.2, -0.15) is 0 Å². The third-order valence-corrected chi connectivity index (χ3v) is 3.92. The van der Waals surface area contributed by atoms with Crippen LogP contribution in [0.5, 0.6) is 0 Å². The molecule has 0 aromatic heterocycles. The number of methoxy groups -OCH3 is 1. The average molecular weight is 258 g/mol. The van der Waals surface area contributed by atoms with Crippen LogP contribution in [0, 0.1) is 11.8 Å². The minimum absolute atomic E-state index is 0.215. The molecule has 0 amide bonds. The molecular formula is C12H18O6. The van der Waals surface area contributed by atoms with Gasteiger partial charge in [-0.3, -0.25) is 4.79 Å². The average Bonchev–Trinajstić information content (AvgIpc) is 3.03. The van der Waals surface area contributed by atoms with Gasteiger partial charge in [0.2, 0.25) is 0 Å². The molecule has 102 valence electrons. The number of aliphatic hydroxyl groups excluding tert-OH is 1. The van der Waals surface area contributed by atoms with E-state index in [1.165, 1.54) is 7.11 Å². The van der Waals surface area contributed by atoms with Crippen LogP contribution < -0.4 is 0 Å². The van der Waals surface area contributed by atoms with Gasteiger partial charge < -0.3 is 24.1 Å². The third kappa shape index (κ3) is 1.75. The van der Waals surface area contributed by atoms with Crippen molar-refractivity contribution in [3.8, 4) is 0 Å². The second kappa shape index (κ2) is 3.90. The Morgan fingerprint density at radius 2 is 2.11 bits per heavy atom. The molecule has 1 saturated carbocycles. The fourth-order valence-electron chi connectivity index (χ4n) is 2.96. The molecule has 2 saturated heterocycles. The van der Waals surface area contributed by atoms with E-state index >= 15 is 0 Å². The maximum absolute atomic E-state index is 11.5. The van der Waals surface area contributed by atoms with Gasteiger partial charge in [0.1, 0.15) is 12.2 Å². The quantitative estimate of drug-likeness (QED) is 0.650. The number of rotatable bonds is 1. The number of aliphatic hydroxyl groups is 1. The molecule has 0 spiro atoms. The number of carbonyl (C=O) groups excluding carboxylic acids is 1. The van der Waals surface area contributed by atoms with Crippen LogP contribution in [0.3, 0.4) is 0 Å². The first kappa shape index (κ1) is 12.3. The summed E-state index contributed by atoms with van der Waals surface area (Å²) >= 11 is 0. The number of hydrogen-bond donors (Lipinski definition) is 1. The Balaban J connectivity index is 1.75. The van der Waals surface area contributed by atoms with Gasteiger partial charge in [0.25, 0.3) is 0 Å². The minimum atomic E-state index is -0.728. The van der Waals surface area contributed by atoms with Gasteiger partial charge in [0.05, 0.1) is 31.8 Å². The van der Waals surface area contributed by atoms with Gasteiger partial charge in [-0.25, -0.2) is 0 Å². The third-order valence-electron chi connectivity index (χ3n) is 3.92. The van der Waals surface area contributed by atoms with E-state index in [9.17, 15) is 9.90 Å². The second-order valence-corrected chi connectivity index (χ2v) is 5.55. The Bertz CT molecular complexity index is 368. The zero-order valence-electron chi connectivity index (χ0n) is 10.7. The van der Waals surface area contributed by atoms with Crippen LogP contribution in [0.4, 0.5) is 0 Å². The summed E-state index contributed by atoms with van der Waals surface area (Å²) in [4.78, 5) is 11.5. The Morgan fingerprint density at radius 3 is 2.78 bits per heavy atom. The molecule has 0 radical (unpaired) electrons. The molecule has 1 aliphatic carbocycles. The van der Waals surface area contributed by atoms with Crippen molar-refractivity contribution in [2.45, 2.75) is 44.1 Å². The summed E-state index contributed by atoms with van der Waals surface area (Å²) in [5.74, 6) is -1.65. The summed E-state index contributed by atoms with van der Waals surface area (Å²) in [5, 5.41) is 10.3. The molecule has 3 fully saturated rings. The van der Waals surface area contributed by atoms with E-state index in [-0.39, 0.29) is 30.0 Å². The Morgan fingerprint density at radius 1 is 1.39 bits per heavy atom. The van der Waals surface area contributed by atoms with Gasteiger partial charge in [0.15, 0.2) is 5.79 Å². The smallest absolute Gasteiger partial charge is 0.311 e. The minimum Gasteiger partial charge on any atom is -0.469 e. The first-order chi connectivity index (χ1) is 8.44. The lowest BCUT2D eigenvalue weighted by atomic mass is 9.99. The number of hydrogen-bond acceptors (Lipinski definition) is 6. The highest BCUT2D eigenvalue weighted by atomic mass is 16.7. The standard InChI is InChI=1S/C12H18O6/c1-12(2)16-4-5-9(18-12)8(13)6-7(10(6)17-5)11(14)15-3/h5-10,13H,4H2,1-3H3/t5-,6-,7?,8-,9-,10+/m1/s1. The van der Waals surface area contributed by atoms with Gasteiger partial charge in [0, 0.05) is 5.92 Å². The lowest BCUT2D eigenvalue weighted by Gasteiger charge is -2.44. The second-order valence-electron chi connectivity index (χ2n) is 5.55. The molecule has 0 aromatic carbocycles. The zero-order chi connectivity index (χ0) is 13.1. The summed E-state index contributed by atoms with van der Waals surface area (Å²) in [6, 6.07) is 0. The van der Waals surface area contributed by atoms with Crippen molar-refractivity contribution in [2.24, 2.45) is 11.8 Å². The summed E-state index contributed by atoms with van der Waals surface area (Å²) in [7, 11) is 1.34. The summed E-state index contributed by atoms with van der Waals surface area (Å²) < 4.78 is 21.7. The maximum atomic E-state index is 11.5. The van der Waals surface area contributed by atoms with E-state index in [1.54, 1.807) is 13.8 Å². The van der Waals surface area contributed by atoms with E-state index in [4.69, 9.17) is 18.9 Å². The van der Waals surface area contributed by atoms with E-state index < -0.39 is 18.0 Å². The van der Waals surface area contributed by atoms with Gasteiger partial charge in [-0.1, -0.05) is 0 Å². The molecule has 1 unspecified atom stereocenters. The predicted octanol–water partition coefficient (Wildman–Crippen LogP) is -0.315. The van der Waals surface area contributed by atoms with E-state index in [0.29, 0.717) is 6.61 Å². The van der Waals surface area contributed by atoms with Crippen molar-refractivity contribution in [3.05, 3.63) is 0 Å². The van der Waals surface area contributed by atoms with Crippen molar-refractivity contribution in [2.75, 3.05) is 13.7 Å². The number of ether oxygens (including phenoxy) is 4. The molecule has 6 heteroatoms. The summed E-state index contributed by atoms with van der Waals surface area (Å²) in [6.07, 6.45) is -1.73. The molecule has 2 heterocycles. The van der Waals surface area contributed by atoms with Gasteiger partial charge in [-0.05, 0) is 13.8 Å². The molecule has 1 N–H and O–H groups in total. The maximum Gasteiger partial charge on any atom is 0.311 e. The molecule has 6 nitrogen and oxygen atoms in total. The number of esters is 1. The van der Waals surface area contributed by atoms with Crippen LogP contribution in [0.2, 0.25) is 0 Å². The van der Waals surface area contributed by atoms with Crippen LogP contribution in [0.25, 0.3) is 0 Å². The predicted molar refractivity (Wildman–Crippen MR) is 58.6 cm³/mol. The first-order valence-corrected chi connectivity index (χ1v) is 6.18. The zero-order valence-corrected chi connectivity index (χ0v) is 10.7. The molecule has 3 aliphatic rings. The topological polar surface area (TPSA) is 74.2 Å². The van der Waals surface area contributed by atoms with E-state index in [0.717, 1.165) is 0 Å². The SMILES string of the molecule is COC(=O)C1[C@@H]2[C@@H](O)[C@@H]3OC(C)(C)OC[C@H]3O[C@H]12. The van der Waals surface area contributed by atoms with Crippen LogP contribution in [-0.2, 0) is 23.7 Å². The van der Waals surface area contributed by atoms with Gasteiger partial charge >= 0.3 is 5.97 Å². The van der Waals surface area contributed by atoms with E-state index in [2.05, 4.69) is 0 Å². The molecule has 3 rings (SSSR count). The number of fused-ring (bicyclic) bond motifs is 2. The highest BCUT2D eigenvalue weighted by molar-refractivity contribution is 5.77. The fraction of sp³-hybridized carbons (Fsp3) is 0.917. The van der Waals surface area contributed by atoms with Gasteiger partial charge in [-0.15, -0.1) is 0 Å². The Labute approximate surface area is 105 Å². The fourth-order valence-corrected chi connectivity index (χ4v) is 2.96. The first-order valence-electron chi connectivity index (χ1n) is 6.18. The van der Waals surface area contributed by atoms with Crippen LogP contribution in [0.1, 0.15) is 13.8 Å². The highest BCUT2D eigenvalue weighted by Crippen LogP contribution is 2.52. The molecular weight excluding hydrogens is 240 g/mol.